The topological polar surface area (TPSA) is 85.8 Å². The molecular formula is C24H21N5OS2. The predicted molar refractivity (Wildman–Crippen MR) is 129 cm³/mol. The number of rotatable bonds is 7. The molecule has 0 fully saturated rings. The Morgan fingerprint density at radius 1 is 0.844 bits per heavy atom. The molecule has 6 nitrogen and oxygen atoms in total. The van der Waals surface area contributed by atoms with E-state index >= 15 is 0 Å². The van der Waals surface area contributed by atoms with Crippen molar-refractivity contribution in [2.24, 2.45) is 0 Å². The summed E-state index contributed by atoms with van der Waals surface area (Å²) in [6, 6.07) is 26.4. The first-order valence-corrected chi connectivity index (χ1v) is 12.2. The van der Waals surface area contributed by atoms with Crippen LogP contribution in [-0.2, 0) is 10.5 Å². The second-order valence-corrected chi connectivity index (χ2v) is 9.26. The van der Waals surface area contributed by atoms with Gasteiger partial charge in [0.2, 0.25) is 16.2 Å². The molecule has 0 atom stereocenters. The molecule has 1 aromatic heterocycles. The third-order valence-electron chi connectivity index (χ3n) is 5.32. The van der Waals surface area contributed by atoms with Gasteiger partial charge in [0, 0.05) is 5.75 Å². The summed E-state index contributed by atoms with van der Waals surface area (Å²) in [5, 5.41) is 12.6. The summed E-state index contributed by atoms with van der Waals surface area (Å²) in [5.41, 5.74) is 5.76. The largest absolute Gasteiger partial charge is 0.344 e. The van der Waals surface area contributed by atoms with Crippen molar-refractivity contribution in [3.63, 3.8) is 0 Å². The predicted octanol–water partition coefficient (Wildman–Crippen LogP) is 4.26. The van der Waals surface area contributed by atoms with Crippen LogP contribution in [0.25, 0.3) is 11.1 Å². The fourth-order valence-electron chi connectivity index (χ4n) is 3.83. The molecule has 32 heavy (non-hydrogen) atoms. The molecule has 1 heterocycles. The number of amides is 1. The number of nitrogens with one attached hydrogen (secondary N) is 1. The lowest BCUT2D eigenvalue weighted by Gasteiger charge is -2.15. The normalized spacial score (nSPS) is 12.4. The molecule has 160 valence electrons. The maximum absolute atomic E-state index is 12.8. The summed E-state index contributed by atoms with van der Waals surface area (Å²) >= 11 is 2.80. The second-order valence-electron chi connectivity index (χ2n) is 7.37. The van der Waals surface area contributed by atoms with Gasteiger partial charge in [0.1, 0.15) is 0 Å². The fourth-order valence-corrected chi connectivity index (χ4v) is 5.36. The van der Waals surface area contributed by atoms with Gasteiger partial charge in [-0.25, -0.2) is 4.68 Å². The van der Waals surface area contributed by atoms with E-state index in [0.29, 0.717) is 10.3 Å². The van der Waals surface area contributed by atoms with Gasteiger partial charge < -0.3 is 11.2 Å². The van der Waals surface area contributed by atoms with Crippen LogP contribution in [0, 0.1) is 0 Å². The van der Waals surface area contributed by atoms with Gasteiger partial charge in [-0.05, 0) is 27.8 Å². The van der Waals surface area contributed by atoms with Crippen molar-refractivity contribution in [3.05, 3.63) is 95.6 Å². The molecule has 0 unspecified atom stereocenters. The van der Waals surface area contributed by atoms with Gasteiger partial charge in [-0.1, -0.05) is 102 Å². The molecule has 0 spiro atoms. The van der Waals surface area contributed by atoms with Gasteiger partial charge in [0.05, 0.1) is 11.8 Å². The lowest BCUT2D eigenvalue weighted by atomic mass is 10.1. The molecule has 5 rings (SSSR count). The number of nitrogens with two attached hydrogens (primary N) is 1. The molecular weight excluding hydrogens is 438 g/mol. The minimum absolute atomic E-state index is 0.0759. The summed E-state index contributed by atoms with van der Waals surface area (Å²) in [4.78, 5) is 12.8. The maximum atomic E-state index is 12.8. The van der Waals surface area contributed by atoms with E-state index in [2.05, 4.69) is 51.9 Å². The first-order valence-electron chi connectivity index (χ1n) is 10.2. The molecule has 0 bridgehead atoms. The van der Waals surface area contributed by atoms with Gasteiger partial charge in [-0.2, -0.15) is 0 Å². The van der Waals surface area contributed by atoms with E-state index in [4.69, 9.17) is 5.84 Å². The minimum Gasteiger partial charge on any atom is -0.344 e. The summed E-state index contributed by atoms with van der Waals surface area (Å²) in [6.45, 7) is 0. The van der Waals surface area contributed by atoms with E-state index in [1.165, 1.54) is 44.9 Å². The van der Waals surface area contributed by atoms with Crippen molar-refractivity contribution in [3.8, 4) is 11.1 Å². The number of fused-ring (bicyclic) bond motifs is 3. The zero-order valence-corrected chi connectivity index (χ0v) is 18.8. The summed E-state index contributed by atoms with van der Waals surface area (Å²) < 4.78 is 1.45. The number of carbonyl (C=O) groups is 1. The van der Waals surface area contributed by atoms with Crippen LogP contribution >= 0.6 is 23.5 Å². The minimum atomic E-state index is -0.150. The Labute approximate surface area is 194 Å². The van der Waals surface area contributed by atoms with E-state index in [1.54, 1.807) is 0 Å². The van der Waals surface area contributed by atoms with E-state index < -0.39 is 0 Å². The van der Waals surface area contributed by atoms with Crippen molar-refractivity contribution < 1.29 is 4.79 Å². The Hall–Kier alpha value is -3.23. The molecule has 0 saturated carbocycles. The zero-order valence-electron chi connectivity index (χ0n) is 17.1. The Balaban J connectivity index is 1.22. The highest BCUT2D eigenvalue weighted by Gasteiger charge is 2.29. The molecule has 3 N–H and O–H groups in total. The number of carbonyl (C=O) groups excluding carboxylic acids is 1. The van der Waals surface area contributed by atoms with Gasteiger partial charge in [-0.15, -0.1) is 10.2 Å². The quantitative estimate of drug-likeness (QED) is 0.317. The molecule has 0 saturated heterocycles. The van der Waals surface area contributed by atoms with Crippen LogP contribution in [0.2, 0.25) is 0 Å². The maximum Gasteiger partial charge on any atom is 0.231 e. The van der Waals surface area contributed by atoms with Crippen molar-refractivity contribution in [2.75, 3.05) is 11.6 Å². The molecule has 3 aromatic carbocycles. The Bertz CT molecular complexity index is 1210. The number of thioether (sulfide) groups is 2. The highest BCUT2D eigenvalue weighted by molar-refractivity contribution is 8.00. The van der Waals surface area contributed by atoms with Crippen LogP contribution in [0.4, 0.5) is 0 Å². The van der Waals surface area contributed by atoms with Crippen LogP contribution in [0.3, 0.4) is 0 Å². The van der Waals surface area contributed by atoms with Crippen molar-refractivity contribution in [2.45, 2.75) is 22.1 Å². The van der Waals surface area contributed by atoms with E-state index in [1.807, 2.05) is 42.5 Å². The Kier molecular flexibility index (Phi) is 5.87. The number of aromatic nitrogens is 3. The average molecular weight is 460 g/mol. The van der Waals surface area contributed by atoms with Gasteiger partial charge in [0.15, 0.2) is 0 Å². The lowest BCUT2D eigenvalue weighted by Crippen LogP contribution is -2.29. The van der Waals surface area contributed by atoms with E-state index in [0.717, 1.165) is 16.9 Å². The molecule has 0 aliphatic heterocycles. The Morgan fingerprint density at radius 3 is 2.06 bits per heavy atom. The highest BCUT2D eigenvalue weighted by Crippen LogP contribution is 2.43. The third-order valence-corrected chi connectivity index (χ3v) is 7.27. The monoisotopic (exact) mass is 459 g/mol. The van der Waals surface area contributed by atoms with Crippen LogP contribution in [0.15, 0.2) is 89.2 Å². The molecule has 1 aliphatic carbocycles. The van der Waals surface area contributed by atoms with E-state index in [-0.39, 0.29) is 17.7 Å². The summed E-state index contributed by atoms with van der Waals surface area (Å²) in [5.74, 6) is 7.05. The van der Waals surface area contributed by atoms with Gasteiger partial charge >= 0.3 is 0 Å². The van der Waals surface area contributed by atoms with Crippen LogP contribution in [-0.4, -0.2) is 26.5 Å². The average Bonchev–Trinajstić information content (AvgIpc) is 3.35. The smallest absolute Gasteiger partial charge is 0.231 e. The van der Waals surface area contributed by atoms with Crippen molar-refractivity contribution in [1.82, 2.24) is 20.2 Å². The molecule has 1 aliphatic rings. The van der Waals surface area contributed by atoms with Crippen LogP contribution < -0.4 is 11.2 Å². The first-order chi connectivity index (χ1) is 15.7. The second kappa shape index (κ2) is 9.10. The van der Waals surface area contributed by atoms with Crippen molar-refractivity contribution in [1.29, 1.82) is 0 Å². The standard InChI is InChI=1S/C24H21N5OS2/c25-29-23(31-14-16-8-2-1-3-9-16)27-28-24(29)32-15-21(30)26-22-19-12-6-4-10-17(19)18-11-5-7-13-20(18)22/h1-13,22H,14-15,25H2,(H,26,30). The Morgan fingerprint density at radius 2 is 1.41 bits per heavy atom. The lowest BCUT2D eigenvalue weighted by molar-refractivity contribution is -0.119. The van der Waals surface area contributed by atoms with Gasteiger partial charge in [-0.3, -0.25) is 4.79 Å². The molecule has 1 amide bonds. The van der Waals surface area contributed by atoms with Crippen molar-refractivity contribution >= 4 is 29.4 Å². The number of benzene rings is 3. The molecule has 8 heteroatoms. The SMILES string of the molecule is Nn1c(SCC(=O)NC2c3ccccc3-c3ccccc32)nnc1SCc1ccccc1. The van der Waals surface area contributed by atoms with E-state index in [9.17, 15) is 4.79 Å². The summed E-state index contributed by atoms with van der Waals surface area (Å²) in [7, 11) is 0. The van der Waals surface area contributed by atoms with Crippen LogP contribution in [0.5, 0.6) is 0 Å². The first kappa shape index (κ1) is 20.7. The van der Waals surface area contributed by atoms with Crippen LogP contribution in [0.1, 0.15) is 22.7 Å². The number of nitrogens with zero attached hydrogens (tertiary/aromatic N) is 3. The number of nitrogen functional groups attached to an aromatic ring is 1. The molecule has 4 aromatic rings. The fraction of sp³-hybridized carbons (Fsp3) is 0.125. The number of hydrogen-bond acceptors (Lipinski definition) is 6. The number of hydrogen-bond donors (Lipinski definition) is 2. The zero-order chi connectivity index (χ0) is 21.9. The molecule has 0 radical (unpaired) electrons. The summed E-state index contributed by atoms with van der Waals surface area (Å²) in [6.07, 6.45) is 0. The highest BCUT2D eigenvalue weighted by atomic mass is 32.2. The third kappa shape index (κ3) is 4.11. The van der Waals surface area contributed by atoms with Gasteiger partial charge in [0.25, 0.3) is 0 Å².